The van der Waals surface area contributed by atoms with Crippen molar-refractivity contribution in [3.63, 3.8) is 0 Å². The fourth-order valence-electron chi connectivity index (χ4n) is 0.900. The van der Waals surface area contributed by atoms with Crippen molar-refractivity contribution in [2.24, 2.45) is 0 Å². The third kappa shape index (κ3) is 4.03. The molecule has 0 atom stereocenters. The largest absolute Gasteiger partial charge is 0.374 e. The van der Waals surface area contributed by atoms with Gasteiger partial charge in [-0.1, -0.05) is 52.5 Å². The van der Waals surface area contributed by atoms with Gasteiger partial charge in [-0.2, -0.15) is 8.42 Å². The molecule has 0 aliphatic carbocycles. The smallest absolute Gasteiger partial charge is 0.338 e. The van der Waals surface area contributed by atoms with Crippen LogP contribution >= 0.6 is 34.8 Å². The van der Waals surface area contributed by atoms with Gasteiger partial charge in [0.25, 0.3) is 3.79 Å². The number of hydrogen-bond donors (Lipinski definition) is 0. The number of alkyl halides is 3. The molecule has 0 bridgehead atoms. The Labute approximate surface area is 114 Å². The van der Waals surface area contributed by atoms with Crippen LogP contribution in [0.15, 0.2) is 29.2 Å². The number of carbonyl (C=O) groups is 1. The Balaban J connectivity index is 2.98. The van der Waals surface area contributed by atoms with Crippen molar-refractivity contribution in [2.75, 3.05) is 0 Å². The van der Waals surface area contributed by atoms with Crippen molar-refractivity contribution >= 4 is 50.9 Å². The minimum atomic E-state index is -4.26. The van der Waals surface area contributed by atoms with Crippen LogP contribution in [0, 0.1) is 6.92 Å². The molecule has 0 spiro atoms. The second-order valence-electron chi connectivity index (χ2n) is 3.14. The molecule has 1 aromatic rings. The molecular weight excluding hydrogens is 311 g/mol. The molecule has 0 saturated carbocycles. The molecular formula is C9H7Cl3O4S. The number of benzene rings is 1. The standard InChI is InChI=1S/C9H7Cl3O4S/c1-6-2-4-7(5-3-6)17(14,15)16-8(13)9(10,11)12/h2-5H,1H3. The average molecular weight is 318 g/mol. The highest BCUT2D eigenvalue weighted by molar-refractivity contribution is 7.87. The maximum Gasteiger partial charge on any atom is 0.374 e. The second-order valence-corrected chi connectivity index (χ2v) is 6.96. The number of hydrogen-bond acceptors (Lipinski definition) is 4. The summed E-state index contributed by atoms with van der Waals surface area (Å²) >= 11 is 15.6. The van der Waals surface area contributed by atoms with Gasteiger partial charge in [0.1, 0.15) is 4.90 Å². The Kier molecular flexibility index (Phi) is 4.30. The van der Waals surface area contributed by atoms with E-state index in [-0.39, 0.29) is 4.90 Å². The van der Waals surface area contributed by atoms with Gasteiger partial charge in [0.05, 0.1) is 0 Å². The summed E-state index contributed by atoms with van der Waals surface area (Å²) < 4.78 is 24.9. The molecule has 0 unspecified atom stereocenters. The minimum absolute atomic E-state index is 0.189. The van der Waals surface area contributed by atoms with Crippen molar-refractivity contribution in [1.82, 2.24) is 0 Å². The van der Waals surface area contributed by atoms with Gasteiger partial charge >= 0.3 is 16.1 Å². The van der Waals surface area contributed by atoms with Crippen LogP contribution in [0.5, 0.6) is 0 Å². The summed E-state index contributed by atoms with van der Waals surface area (Å²) in [5.74, 6) is -1.47. The fourth-order valence-corrected chi connectivity index (χ4v) is 2.04. The zero-order chi connectivity index (χ0) is 13.3. The van der Waals surface area contributed by atoms with E-state index in [9.17, 15) is 13.2 Å². The lowest BCUT2D eigenvalue weighted by Crippen LogP contribution is -2.25. The molecule has 0 N–H and O–H groups in total. The van der Waals surface area contributed by atoms with Crippen molar-refractivity contribution in [2.45, 2.75) is 15.6 Å². The van der Waals surface area contributed by atoms with E-state index in [1.165, 1.54) is 12.1 Å². The Morgan fingerprint density at radius 3 is 2.06 bits per heavy atom. The van der Waals surface area contributed by atoms with Gasteiger partial charge in [-0.25, -0.2) is 4.79 Å². The highest BCUT2D eigenvalue weighted by Gasteiger charge is 2.36. The van der Waals surface area contributed by atoms with Crippen LogP contribution in [0.1, 0.15) is 5.56 Å². The number of rotatable bonds is 2. The van der Waals surface area contributed by atoms with Gasteiger partial charge in [0, 0.05) is 0 Å². The van der Waals surface area contributed by atoms with Crippen LogP contribution in [0.3, 0.4) is 0 Å². The van der Waals surface area contributed by atoms with Crippen LogP contribution in [0.2, 0.25) is 0 Å². The van der Waals surface area contributed by atoms with Crippen molar-refractivity contribution < 1.29 is 17.4 Å². The molecule has 0 amide bonds. The zero-order valence-corrected chi connectivity index (χ0v) is 11.6. The summed E-state index contributed by atoms with van der Waals surface area (Å²) in [7, 11) is -4.26. The van der Waals surface area contributed by atoms with Crippen LogP contribution in [0.25, 0.3) is 0 Å². The third-order valence-electron chi connectivity index (χ3n) is 1.73. The summed E-state index contributed by atoms with van der Waals surface area (Å²) in [6.45, 7) is 1.78. The first-order valence-corrected chi connectivity index (χ1v) is 6.79. The van der Waals surface area contributed by atoms with Crippen molar-refractivity contribution in [3.05, 3.63) is 29.8 Å². The molecule has 8 heteroatoms. The molecule has 0 aromatic heterocycles. The molecule has 0 saturated heterocycles. The summed E-state index contributed by atoms with van der Waals surface area (Å²) in [5, 5.41) is 0. The molecule has 4 nitrogen and oxygen atoms in total. The van der Waals surface area contributed by atoms with Crippen LogP contribution in [0.4, 0.5) is 0 Å². The second kappa shape index (κ2) is 5.02. The van der Waals surface area contributed by atoms with Gasteiger partial charge < -0.3 is 4.18 Å². The van der Waals surface area contributed by atoms with E-state index in [0.29, 0.717) is 0 Å². The quantitative estimate of drug-likeness (QED) is 0.621. The maximum atomic E-state index is 11.6. The van der Waals surface area contributed by atoms with Gasteiger partial charge in [-0.15, -0.1) is 0 Å². The van der Waals surface area contributed by atoms with Crippen LogP contribution in [-0.4, -0.2) is 18.2 Å². The highest BCUT2D eigenvalue weighted by Crippen LogP contribution is 2.29. The number of carbonyl (C=O) groups excluding carboxylic acids is 1. The summed E-state index contributed by atoms with van der Waals surface area (Å²) in [6, 6.07) is 5.68. The average Bonchev–Trinajstić information content (AvgIpc) is 2.16. The van der Waals surface area contributed by atoms with Gasteiger partial charge in [-0.3, -0.25) is 0 Å². The lowest BCUT2D eigenvalue weighted by atomic mass is 10.2. The molecule has 94 valence electrons. The van der Waals surface area contributed by atoms with Gasteiger partial charge in [0.2, 0.25) is 0 Å². The number of aryl methyl sites for hydroxylation is 1. The molecule has 1 aromatic carbocycles. The molecule has 17 heavy (non-hydrogen) atoms. The minimum Gasteiger partial charge on any atom is -0.338 e. The molecule has 0 aliphatic rings. The lowest BCUT2D eigenvalue weighted by molar-refractivity contribution is -0.132. The third-order valence-corrected chi connectivity index (χ3v) is 3.41. The van der Waals surface area contributed by atoms with Crippen LogP contribution in [-0.2, 0) is 19.1 Å². The maximum absolute atomic E-state index is 11.6. The molecule has 0 radical (unpaired) electrons. The SMILES string of the molecule is Cc1ccc(S(=O)(=O)OC(=O)C(Cl)(Cl)Cl)cc1. The van der Waals surface area contributed by atoms with E-state index < -0.39 is 19.9 Å². The predicted molar refractivity (Wildman–Crippen MR) is 64.7 cm³/mol. The Bertz CT molecular complexity index is 516. The zero-order valence-electron chi connectivity index (χ0n) is 8.48. The van der Waals surface area contributed by atoms with E-state index in [0.717, 1.165) is 5.56 Å². The normalized spacial score (nSPS) is 12.2. The first-order chi connectivity index (χ1) is 7.63. The molecule has 0 fully saturated rings. The number of halogens is 3. The lowest BCUT2D eigenvalue weighted by Gasteiger charge is -2.10. The molecule has 1 rings (SSSR count). The van der Waals surface area contributed by atoms with E-state index in [4.69, 9.17) is 34.8 Å². The highest BCUT2D eigenvalue weighted by atomic mass is 35.6. The van der Waals surface area contributed by atoms with Crippen molar-refractivity contribution in [3.8, 4) is 0 Å². The first-order valence-electron chi connectivity index (χ1n) is 4.25. The summed E-state index contributed by atoms with van der Waals surface area (Å²) in [4.78, 5) is 10.9. The first kappa shape index (κ1) is 14.6. The van der Waals surface area contributed by atoms with E-state index >= 15 is 0 Å². The molecule has 0 heterocycles. The van der Waals surface area contributed by atoms with Crippen molar-refractivity contribution in [1.29, 1.82) is 0 Å². The Morgan fingerprint density at radius 1 is 1.18 bits per heavy atom. The van der Waals surface area contributed by atoms with E-state index in [1.54, 1.807) is 19.1 Å². The van der Waals surface area contributed by atoms with E-state index in [2.05, 4.69) is 4.18 Å². The van der Waals surface area contributed by atoms with E-state index in [1.807, 2.05) is 0 Å². The molecule has 0 aliphatic heterocycles. The Hall–Kier alpha value is -0.490. The summed E-state index contributed by atoms with van der Waals surface area (Å²) in [6.07, 6.45) is 0. The Morgan fingerprint density at radius 2 is 1.65 bits per heavy atom. The van der Waals surface area contributed by atoms with Crippen LogP contribution < -0.4 is 0 Å². The topological polar surface area (TPSA) is 60.4 Å². The summed E-state index contributed by atoms with van der Waals surface area (Å²) in [5.41, 5.74) is 0.858. The van der Waals surface area contributed by atoms with Gasteiger partial charge in [0.15, 0.2) is 0 Å². The predicted octanol–water partition coefficient (Wildman–Crippen LogP) is 2.60. The fraction of sp³-hybridized carbons (Fsp3) is 0.222. The monoisotopic (exact) mass is 316 g/mol. The van der Waals surface area contributed by atoms with Gasteiger partial charge in [-0.05, 0) is 19.1 Å².